The first kappa shape index (κ1) is 14.6. The summed E-state index contributed by atoms with van der Waals surface area (Å²) in [5.41, 5.74) is 2.78. The molecule has 3 aromatic carbocycles. The number of rotatable bonds is 6. The van der Waals surface area contributed by atoms with E-state index in [4.69, 9.17) is 4.74 Å². The Balaban J connectivity index is 1.61. The molecule has 112 valence electrons. The summed E-state index contributed by atoms with van der Waals surface area (Å²) in [6.45, 7) is 2.93. The van der Waals surface area contributed by atoms with Gasteiger partial charge in [0, 0.05) is 6.42 Å². The lowest BCUT2D eigenvalue weighted by Crippen LogP contribution is -2.01. The van der Waals surface area contributed by atoms with Crippen molar-refractivity contribution in [3.8, 4) is 5.75 Å². The maximum atomic E-state index is 5.92. The third-order valence-electron chi connectivity index (χ3n) is 3.91. The number of hydrogen-bond donors (Lipinski definition) is 0. The van der Waals surface area contributed by atoms with Crippen molar-refractivity contribution in [1.29, 1.82) is 0 Å². The van der Waals surface area contributed by atoms with E-state index in [0.717, 1.165) is 18.6 Å². The highest BCUT2D eigenvalue weighted by molar-refractivity contribution is 5.83. The molecule has 22 heavy (non-hydrogen) atoms. The molecule has 0 amide bonds. The highest BCUT2D eigenvalue weighted by Crippen LogP contribution is 2.20. The van der Waals surface area contributed by atoms with Crippen LogP contribution in [0, 0.1) is 0 Å². The van der Waals surface area contributed by atoms with Crippen molar-refractivity contribution in [2.75, 3.05) is 6.61 Å². The fourth-order valence-electron chi connectivity index (χ4n) is 2.77. The van der Waals surface area contributed by atoms with Crippen molar-refractivity contribution >= 4 is 10.8 Å². The van der Waals surface area contributed by atoms with E-state index in [-0.39, 0.29) is 0 Å². The Morgan fingerprint density at radius 3 is 2.32 bits per heavy atom. The topological polar surface area (TPSA) is 9.23 Å². The molecule has 0 spiro atoms. The molecule has 0 aliphatic carbocycles. The second-order valence-electron chi connectivity index (χ2n) is 5.68. The Labute approximate surface area is 132 Å². The maximum Gasteiger partial charge on any atom is 0.119 e. The van der Waals surface area contributed by atoms with Gasteiger partial charge in [0.15, 0.2) is 0 Å². The Morgan fingerprint density at radius 1 is 0.727 bits per heavy atom. The molecular formula is C21H22O. The lowest BCUT2D eigenvalue weighted by Gasteiger charge is -2.08. The molecule has 0 radical (unpaired) electrons. The van der Waals surface area contributed by atoms with Crippen molar-refractivity contribution in [2.24, 2.45) is 0 Å². The smallest absolute Gasteiger partial charge is 0.119 e. The van der Waals surface area contributed by atoms with E-state index in [1.54, 1.807) is 0 Å². The van der Waals surface area contributed by atoms with Crippen LogP contribution in [0.4, 0.5) is 0 Å². The van der Waals surface area contributed by atoms with Gasteiger partial charge in [-0.3, -0.25) is 0 Å². The molecule has 3 rings (SSSR count). The van der Waals surface area contributed by atoms with E-state index in [2.05, 4.69) is 73.7 Å². The third-order valence-corrected chi connectivity index (χ3v) is 3.91. The lowest BCUT2D eigenvalue weighted by atomic mass is 10.1. The Morgan fingerprint density at radius 2 is 1.50 bits per heavy atom. The van der Waals surface area contributed by atoms with E-state index >= 15 is 0 Å². The van der Waals surface area contributed by atoms with Crippen molar-refractivity contribution in [3.63, 3.8) is 0 Å². The highest BCUT2D eigenvalue weighted by Gasteiger charge is 1.99. The van der Waals surface area contributed by atoms with Gasteiger partial charge in [0.1, 0.15) is 5.75 Å². The van der Waals surface area contributed by atoms with Gasteiger partial charge in [-0.05, 0) is 40.5 Å². The minimum Gasteiger partial charge on any atom is -0.493 e. The van der Waals surface area contributed by atoms with Crippen LogP contribution in [0.3, 0.4) is 0 Å². The van der Waals surface area contributed by atoms with Crippen molar-refractivity contribution in [2.45, 2.75) is 26.2 Å². The van der Waals surface area contributed by atoms with E-state index in [0.29, 0.717) is 6.61 Å². The summed E-state index contributed by atoms with van der Waals surface area (Å²) in [4.78, 5) is 0. The first-order valence-electron chi connectivity index (χ1n) is 8.04. The molecule has 1 nitrogen and oxygen atoms in total. The largest absolute Gasteiger partial charge is 0.493 e. The summed E-state index contributed by atoms with van der Waals surface area (Å²) in [5.74, 6) is 0.948. The SMILES string of the molecule is CCCc1cccc(CCOc2ccc3ccccc3c2)c1. The quantitative estimate of drug-likeness (QED) is 0.589. The summed E-state index contributed by atoms with van der Waals surface area (Å²) < 4.78 is 5.92. The molecule has 0 atom stereocenters. The molecule has 1 heteroatoms. The zero-order valence-corrected chi connectivity index (χ0v) is 13.1. The summed E-state index contributed by atoms with van der Waals surface area (Å²) >= 11 is 0. The first-order valence-corrected chi connectivity index (χ1v) is 8.04. The standard InChI is InChI=1S/C21H22O/c1-2-6-17-7-5-8-18(15-17)13-14-22-21-12-11-19-9-3-4-10-20(19)16-21/h3-5,7-12,15-16H,2,6,13-14H2,1H3. The van der Waals surface area contributed by atoms with Crippen LogP contribution < -0.4 is 4.74 Å². The number of hydrogen-bond acceptors (Lipinski definition) is 1. The fraction of sp³-hybridized carbons (Fsp3) is 0.238. The fourth-order valence-corrected chi connectivity index (χ4v) is 2.77. The molecule has 0 bridgehead atoms. The molecule has 0 fully saturated rings. The van der Waals surface area contributed by atoms with E-state index in [1.807, 2.05) is 0 Å². The number of benzene rings is 3. The van der Waals surface area contributed by atoms with Crippen LogP contribution in [0.5, 0.6) is 5.75 Å². The highest BCUT2D eigenvalue weighted by atomic mass is 16.5. The molecule has 0 aliphatic heterocycles. The first-order chi connectivity index (χ1) is 10.8. The second-order valence-corrected chi connectivity index (χ2v) is 5.68. The summed E-state index contributed by atoms with van der Waals surface area (Å²) in [6.07, 6.45) is 3.29. The van der Waals surface area contributed by atoms with Crippen molar-refractivity contribution < 1.29 is 4.74 Å². The van der Waals surface area contributed by atoms with Crippen LogP contribution >= 0.6 is 0 Å². The van der Waals surface area contributed by atoms with Crippen molar-refractivity contribution in [3.05, 3.63) is 77.9 Å². The van der Waals surface area contributed by atoms with Gasteiger partial charge in [0.2, 0.25) is 0 Å². The molecule has 0 saturated carbocycles. The van der Waals surface area contributed by atoms with Crippen LogP contribution in [-0.4, -0.2) is 6.61 Å². The number of aryl methyl sites for hydroxylation is 1. The van der Waals surface area contributed by atoms with Crippen LogP contribution in [-0.2, 0) is 12.8 Å². The van der Waals surface area contributed by atoms with E-state index in [9.17, 15) is 0 Å². The number of ether oxygens (including phenoxy) is 1. The molecule has 0 aromatic heterocycles. The Kier molecular flexibility index (Phi) is 4.75. The van der Waals surface area contributed by atoms with Crippen molar-refractivity contribution in [1.82, 2.24) is 0 Å². The lowest BCUT2D eigenvalue weighted by molar-refractivity contribution is 0.322. The van der Waals surface area contributed by atoms with Gasteiger partial charge < -0.3 is 4.74 Å². The Bertz CT molecular complexity index is 745. The second kappa shape index (κ2) is 7.13. The van der Waals surface area contributed by atoms with Gasteiger partial charge in [-0.15, -0.1) is 0 Å². The molecule has 0 unspecified atom stereocenters. The van der Waals surface area contributed by atoms with Gasteiger partial charge in [-0.25, -0.2) is 0 Å². The monoisotopic (exact) mass is 290 g/mol. The molecular weight excluding hydrogens is 268 g/mol. The van der Waals surface area contributed by atoms with Gasteiger partial charge in [-0.2, -0.15) is 0 Å². The molecule has 0 aliphatic rings. The van der Waals surface area contributed by atoms with Crippen LogP contribution in [0.25, 0.3) is 10.8 Å². The Hall–Kier alpha value is -2.28. The summed E-state index contributed by atoms with van der Waals surface area (Å²) in [7, 11) is 0. The van der Waals surface area contributed by atoms with Gasteiger partial charge in [0.25, 0.3) is 0 Å². The molecule has 3 aromatic rings. The zero-order chi connectivity index (χ0) is 15.2. The van der Waals surface area contributed by atoms with Crippen LogP contribution in [0.1, 0.15) is 24.5 Å². The summed E-state index contributed by atoms with van der Waals surface area (Å²) in [5, 5.41) is 2.48. The third kappa shape index (κ3) is 3.67. The summed E-state index contributed by atoms with van der Waals surface area (Å²) in [6, 6.07) is 23.5. The van der Waals surface area contributed by atoms with Gasteiger partial charge in [-0.1, -0.05) is 67.9 Å². The van der Waals surface area contributed by atoms with E-state index < -0.39 is 0 Å². The van der Waals surface area contributed by atoms with Gasteiger partial charge in [0.05, 0.1) is 6.61 Å². The maximum absolute atomic E-state index is 5.92. The van der Waals surface area contributed by atoms with Crippen LogP contribution in [0.15, 0.2) is 66.7 Å². The average molecular weight is 290 g/mol. The predicted molar refractivity (Wildman–Crippen MR) is 93.6 cm³/mol. The molecule has 0 heterocycles. The molecule has 0 saturated heterocycles. The number of fused-ring (bicyclic) bond motifs is 1. The van der Waals surface area contributed by atoms with Gasteiger partial charge >= 0.3 is 0 Å². The molecule has 0 N–H and O–H groups in total. The minimum atomic E-state index is 0.716. The van der Waals surface area contributed by atoms with Crippen LogP contribution in [0.2, 0.25) is 0 Å². The zero-order valence-electron chi connectivity index (χ0n) is 13.1. The average Bonchev–Trinajstić information content (AvgIpc) is 2.55. The predicted octanol–water partition coefficient (Wildman–Crippen LogP) is 5.41. The van der Waals surface area contributed by atoms with E-state index in [1.165, 1.54) is 28.3 Å². The minimum absolute atomic E-state index is 0.716. The normalized spacial score (nSPS) is 10.8.